The Kier molecular flexibility index (Phi) is 6.21. The van der Waals surface area contributed by atoms with Crippen molar-refractivity contribution in [3.05, 3.63) is 78.1 Å². The lowest BCUT2D eigenvalue weighted by molar-refractivity contribution is -0.115. The maximum Gasteiger partial charge on any atom is 0.264 e. The first-order valence-electron chi connectivity index (χ1n) is 10.1. The molecule has 1 heterocycles. The molecule has 3 aromatic rings. The Morgan fingerprint density at radius 2 is 1.91 bits per heavy atom. The number of benzene rings is 3. The molecule has 0 fully saturated rings. The summed E-state index contributed by atoms with van der Waals surface area (Å²) >= 11 is 0. The van der Waals surface area contributed by atoms with Crippen molar-refractivity contribution in [2.45, 2.75) is 17.4 Å². The van der Waals surface area contributed by atoms with E-state index in [0.29, 0.717) is 16.9 Å². The predicted octanol–water partition coefficient (Wildman–Crippen LogP) is 2.54. The van der Waals surface area contributed by atoms with Crippen LogP contribution in [-0.4, -0.2) is 38.7 Å². The number of halogens is 1. The van der Waals surface area contributed by atoms with Crippen molar-refractivity contribution in [1.82, 2.24) is 0 Å². The zero-order chi connectivity index (χ0) is 23.6. The largest absolute Gasteiger partial charge is 0.484 e. The first-order chi connectivity index (χ1) is 15.8. The van der Waals surface area contributed by atoms with Gasteiger partial charge in [0.1, 0.15) is 17.7 Å². The van der Waals surface area contributed by atoms with Gasteiger partial charge in [-0.15, -0.1) is 0 Å². The lowest BCUT2D eigenvalue weighted by atomic mass is 10.1. The van der Waals surface area contributed by atoms with Crippen LogP contribution in [0.4, 0.5) is 21.5 Å². The fourth-order valence-electron chi connectivity index (χ4n) is 3.51. The molecule has 172 valence electrons. The van der Waals surface area contributed by atoms with Gasteiger partial charge in [0.25, 0.3) is 10.0 Å². The molecule has 0 aliphatic carbocycles. The van der Waals surface area contributed by atoms with Gasteiger partial charge in [-0.2, -0.15) is 0 Å². The summed E-state index contributed by atoms with van der Waals surface area (Å²) in [6.45, 7) is -0.494. The molecule has 0 bridgehead atoms. The van der Waals surface area contributed by atoms with Crippen molar-refractivity contribution in [3.63, 3.8) is 0 Å². The average molecular weight is 472 g/mol. The van der Waals surface area contributed by atoms with Gasteiger partial charge < -0.3 is 20.9 Å². The second kappa shape index (κ2) is 9.08. The van der Waals surface area contributed by atoms with Gasteiger partial charge in [0.05, 0.1) is 30.2 Å². The van der Waals surface area contributed by atoms with Crippen molar-refractivity contribution in [2.24, 2.45) is 0 Å². The van der Waals surface area contributed by atoms with Crippen LogP contribution >= 0.6 is 0 Å². The van der Waals surface area contributed by atoms with Crippen LogP contribution in [0.5, 0.6) is 5.75 Å². The molecule has 1 amide bonds. The number of aliphatic hydroxyl groups excluding tert-OH is 1. The van der Waals surface area contributed by atoms with E-state index in [0.717, 1.165) is 4.31 Å². The Labute approximate surface area is 190 Å². The second-order valence-corrected chi connectivity index (χ2v) is 9.43. The highest BCUT2D eigenvalue weighted by atomic mass is 32.2. The van der Waals surface area contributed by atoms with Crippen LogP contribution in [-0.2, 0) is 21.2 Å². The van der Waals surface area contributed by atoms with Gasteiger partial charge in [-0.05, 0) is 54.1 Å². The number of carbonyl (C=O) groups is 1. The van der Waals surface area contributed by atoms with E-state index in [1.165, 1.54) is 48.5 Å². The summed E-state index contributed by atoms with van der Waals surface area (Å²) < 4.78 is 46.7. The van der Waals surface area contributed by atoms with Gasteiger partial charge in [-0.3, -0.25) is 9.10 Å². The number of hydrogen-bond acceptors (Lipinski definition) is 6. The zero-order valence-corrected chi connectivity index (χ0v) is 18.3. The monoisotopic (exact) mass is 471 g/mol. The molecule has 0 radical (unpaired) electrons. The van der Waals surface area contributed by atoms with Crippen molar-refractivity contribution in [2.75, 3.05) is 28.5 Å². The summed E-state index contributed by atoms with van der Waals surface area (Å²) in [5, 5.41) is 12.3. The van der Waals surface area contributed by atoms with E-state index in [1.54, 1.807) is 18.2 Å². The van der Waals surface area contributed by atoms with Crippen LogP contribution in [0.1, 0.15) is 5.56 Å². The molecule has 3 aromatic carbocycles. The number of aliphatic hydroxyl groups is 1. The predicted molar refractivity (Wildman–Crippen MR) is 122 cm³/mol. The Balaban J connectivity index is 1.63. The minimum atomic E-state index is -4.02. The molecular formula is C23H22FN3O5S. The zero-order valence-electron chi connectivity index (χ0n) is 17.4. The number of rotatable bonds is 6. The highest BCUT2D eigenvalue weighted by Crippen LogP contribution is 2.39. The Hall–Kier alpha value is -3.63. The number of nitrogen functional groups attached to an aromatic ring is 1. The third-order valence-electron chi connectivity index (χ3n) is 5.10. The molecule has 0 saturated carbocycles. The van der Waals surface area contributed by atoms with Gasteiger partial charge in [-0.1, -0.05) is 18.2 Å². The summed E-state index contributed by atoms with van der Waals surface area (Å²) in [5.74, 6) is -0.488. The fraction of sp³-hybridized carbons (Fsp3) is 0.174. The maximum atomic E-state index is 13.4. The van der Waals surface area contributed by atoms with E-state index in [2.05, 4.69) is 5.32 Å². The summed E-state index contributed by atoms with van der Waals surface area (Å²) in [6, 6.07) is 16.1. The summed E-state index contributed by atoms with van der Waals surface area (Å²) in [4.78, 5) is 12.5. The van der Waals surface area contributed by atoms with E-state index in [1.807, 2.05) is 0 Å². The number of sulfonamides is 1. The molecule has 1 aliphatic heterocycles. The average Bonchev–Trinajstić information content (AvgIpc) is 2.79. The lowest BCUT2D eigenvalue weighted by Crippen LogP contribution is -2.45. The summed E-state index contributed by atoms with van der Waals surface area (Å²) in [7, 11) is -4.02. The SMILES string of the molecule is Nc1cccc(S(=O)(=O)N2C[C@@H](CO)Oc3ccc(NC(=O)Cc4ccc(F)cc4)cc32)c1. The van der Waals surface area contributed by atoms with Crippen LogP contribution in [0.25, 0.3) is 0 Å². The van der Waals surface area contributed by atoms with E-state index in [-0.39, 0.29) is 41.8 Å². The van der Waals surface area contributed by atoms with Crippen LogP contribution in [0.2, 0.25) is 0 Å². The lowest BCUT2D eigenvalue weighted by Gasteiger charge is -2.35. The van der Waals surface area contributed by atoms with E-state index < -0.39 is 21.9 Å². The number of amides is 1. The van der Waals surface area contributed by atoms with Crippen LogP contribution in [0, 0.1) is 5.82 Å². The van der Waals surface area contributed by atoms with E-state index >= 15 is 0 Å². The first-order valence-corrected chi connectivity index (χ1v) is 11.5. The van der Waals surface area contributed by atoms with Gasteiger partial charge in [0.15, 0.2) is 0 Å². The molecule has 0 unspecified atom stereocenters. The Morgan fingerprint density at radius 1 is 1.15 bits per heavy atom. The molecule has 8 nitrogen and oxygen atoms in total. The van der Waals surface area contributed by atoms with Gasteiger partial charge in [-0.25, -0.2) is 12.8 Å². The molecule has 1 aliphatic rings. The minimum absolute atomic E-state index is 0.00205. The minimum Gasteiger partial charge on any atom is -0.484 e. The number of fused-ring (bicyclic) bond motifs is 1. The number of hydrogen-bond donors (Lipinski definition) is 3. The molecule has 0 spiro atoms. The quantitative estimate of drug-likeness (QED) is 0.475. The first kappa shape index (κ1) is 22.6. The molecule has 0 aromatic heterocycles. The Bertz CT molecular complexity index is 1280. The van der Waals surface area contributed by atoms with Gasteiger partial charge in [0.2, 0.25) is 5.91 Å². The maximum absolute atomic E-state index is 13.4. The smallest absolute Gasteiger partial charge is 0.264 e. The van der Waals surface area contributed by atoms with Gasteiger partial charge in [0, 0.05) is 11.4 Å². The molecule has 0 saturated heterocycles. The molecule has 4 N–H and O–H groups in total. The fourth-order valence-corrected chi connectivity index (χ4v) is 5.06. The highest BCUT2D eigenvalue weighted by Gasteiger charge is 2.34. The number of anilines is 3. The number of nitrogens with one attached hydrogen (secondary N) is 1. The Morgan fingerprint density at radius 3 is 2.61 bits per heavy atom. The molecule has 4 rings (SSSR count). The number of carbonyl (C=O) groups excluding carboxylic acids is 1. The number of nitrogens with two attached hydrogens (primary N) is 1. The van der Waals surface area contributed by atoms with Crippen molar-refractivity contribution < 1.29 is 27.4 Å². The van der Waals surface area contributed by atoms with Crippen LogP contribution in [0.3, 0.4) is 0 Å². The molecule has 1 atom stereocenters. The molecule has 10 heteroatoms. The molecule has 33 heavy (non-hydrogen) atoms. The van der Waals surface area contributed by atoms with Crippen molar-refractivity contribution in [1.29, 1.82) is 0 Å². The highest BCUT2D eigenvalue weighted by molar-refractivity contribution is 7.92. The third-order valence-corrected chi connectivity index (χ3v) is 6.88. The normalized spacial score (nSPS) is 15.5. The van der Waals surface area contributed by atoms with Crippen LogP contribution < -0.4 is 20.1 Å². The summed E-state index contributed by atoms with van der Waals surface area (Å²) in [5.41, 5.74) is 7.28. The standard InChI is InChI=1S/C23H22FN3O5S/c24-16-6-4-15(5-7-16)10-23(29)26-18-8-9-22-21(12-18)27(13-19(14-28)32-22)33(30,31)20-3-1-2-17(25)11-20/h1-9,11-12,19,28H,10,13-14,25H2,(H,26,29)/t19-/m0/s1. The van der Waals surface area contributed by atoms with E-state index in [9.17, 15) is 22.7 Å². The van der Waals surface area contributed by atoms with Gasteiger partial charge >= 0.3 is 0 Å². The van der Waals surface area contributed by atoms with Crippen LogP contribution in [0.15, 0.2) is 71.6 Å². The molecular weight excluding hydrogens is 449 g/mol. The second-order valence-electron chi connectivity index (χ2n) is 7.56. The topological polar surface area (TPSA) is 122 Å². The van der Waals surface area contributed by atoms with E-state index in [4.69, 9.17) is 10.5 Å². The third kappa shape index (κ3) is 4.91. The number of ether oxygens (including phenoxy) is 1. The number of nitrogens with zero attached hydrogens (tertiary/aromatic N) is 1. The van der Waals surface area contributed by atoms with Crippen molar-refractivity contribution in [3.8, 4) is 5.75 Å². The summed E-state index contributed by atoms with van der Waals surface area (Å²) in [6.07, 6.45) is -0.738. The van der Waals surface area contributed by atoms with Crippen molar-refractivity contribution >= 4 is 33.0 Å².